The van der Waals surface area contributed by atoms with Gasteiger partial charge in [-0.1, -0.05) is 19.8 Å². The fourth-order valence-electron chi connectivity index (χ4n) is 2.97. The molecule has 0 aromatic rings. The molecule has 1 aliphatic heterocycles. The van der Waals surface area contributed by atoms with Gasteiger partial charge in [0, 0.05) is 0 Å². The predicted molar refractivity (Wildman–Crippen MR) is 87.5 cm³/mol. The van der Waals surface area contributed by atoms with Crippen LogP contribution in [0.25, 0.3) is 0 Å². The van der Waals surface area contributed by atoms with Crippen LogP contribution in [0.3, 0.4) is 0 Å². The molecule has 1 unspecified atom stereocenters. The minimum Gasteiger partial charge on any atom is -0.465 e. The topological polar surface area (TPSA) is 41.6 Å². The minimum atomic E-state index is -0.530. The molecule has 21 heavy (non-hydrogen) atoms. The van der Waals surface area contributed by atoms with Gasteiger partial charge in [0.05, 0.1) is 6.61 Å². The molecular weight excluding hydrogens is 264 g/mol. The molecule has 0 amide bonds. The number of carbonyl (C=O) groups is 1. The predicted octanol–water partition coefficient (Wildman–Crippen LogP) is 2.96. The largest absolute Gasteiger partial charge is 0.465 e. The van der Waals surface area contributed by atoms with Crippen molar-refractivity contribution in [3.8, 4) is 0 Å². The molecule has 1 heterocycles. The highest BCUT2D eigenvalue weighted by molar-refractivity contribution is 5.80. The number of nitrogens with zero attached hydrogens (tertiary/aromatic N) is 1. The van der Waals surface area contributed by atoms with Gasteiger partial charge in [-0.05, 0) is 72.1 Å². The Morgan fingerprint density at radius 1 is 1.19 bits per heavy atom. The molecule has 0 radical (unpaired) electrons. The molecule has 0 spiro atoms. The van der Waals surface area contributed by atoms with Crippen molar-refractivity contribution in [3.63, 3.8) is 0 Å². The first kappa shape index (κ1) is 18.4. The van der Waals surface area contributed by atoms with Crippen molar-refractivity contribution in [2.45, 2.75) is 71.3 Å². The molecule has 1 N–H and O–H groups in total. The van der Waals surface area contributed by atoms with E-state index < -0.39 is 5.54 Å². The van der Waals surface area contributed by atoms with Gasteiger partial charge in [-0.25, -0.2) is 0 Å². The maximum absolute atomic E-state index is 12.2. The molecule has 0 aromatic heterocycles. The summed E-state index contributed by atoms with van der Waals surface area (Å²) in [6.07, 6.45) is 8.31. The van der Waals surface area contributed by atoms with Gasteiger partial charge >= 0.3 is 5.97 Å². The summed E-state index contributed by atoms with van der Waals surface area (Å²) in [5, 5.41) is 3.39. The van der Waals surface area contributed by atoms with Gasteiger partial charge in [-0.3, -0.25) is 4.79 Å². The fraction of sp³-hybridized carbons (Fsp3) is 0.941. The highest BCUT2D eigenvalue weighted by Gasteiger charge is 2.33. The Bertz CT molecular complexity index is 289. The van der Waals surface area contributed by atoms with Crippen LogP contribution >= 0.6 is 0 Å². The van der Waals surface area contributed by atoms with Crippen molar-refractivity contribution < 1.29 is 9.53 Å². The number of likely N-dealkylation sites (tertiary alicyclic amines) is 1. The third-order valence-electron chi connectivity index (χ3n) is 4.34. The van der Waals surface area contributed by atoms with Crippen LogP contribution in [-0.4, -0.2) is 49.2 Å². The summed E-state index contributed by atoms with van der Waals surface area (Å²) in [6.45, 7) is 10.8. The van der Waals surface area contributed by atoms with Crippen LogP contribution in [0.5, 0.6) is 0 Å². The number of hydrogen-bond acceptors (Lipinski definition) is 4. The third-order valence-corrected chi connectivity index (χ3v) is 4.34. The Kier molecular flexibility index (Phi) is 8.93. The quantitative estimate of drug-likeness (QED) is 0.665. The second kappa shape index (κ2) is 10.2. The Labute approximate surface area is 130 Å². The van der Waals surface area contributed by atoms with E-state index in [0.717, 1.165) is 32.4 Å². The van der Waals surface area contributed by atoms with Crippen molar-refractivity contribution in [3.05, 3.63) is 0 Å². The molecule has 0 bridgehead atoms. The van der Waals surface area contributed by atoms with Crippen molar-refractivity contribution in [2.75, 3.05) is 32.8 Å². The monoisotopic (exact) mass is 298 g/mol. The van der Waals surface area contributed by atoms with Crippen molar-refractivity contribution in [1.82, 2.24) is 10.2 Å². The van der Waals surface area contributed by atoms with Gasteiger partial charge in [0.15, 0.2) is 0 Å². The lowest BCUT2D eigenvalue weighted by Gasteiger charge is -2.29. The normalized spacial score (nSPS) is 19.8. The SMILES string of the molecule is CCCNC(C)(CCCN1CCCCCC1)C(=O)OCC. The van der Waals surface area contributed by atoms with Crippen molar-refractivity contribution in [1.29, 1.82) is 0 Å². The van der Waals surface area contributed by atoms with Crippen LogP contribution in [0.2, 0.25) is 0 Å². The summed E-state index contributed by atoms with van der Waals surface area (Å²) in [5.74, 6) is -0.102. The van der Waals surface area contributed by atoms with E-state index in [4.69, 9.17) is 4.74 Å². The van der Waals surface area contributed by atoms with Gasteiger partial charge in [0.25, 0.3) is 0 Å². The summed E-state index contributed by atoms with van der Waals surface area (Å²) in [7, 11) is 0. The number of carbonyl (C=O) groups excluding carboxylic acids is 1. The van der Waals surface area contributed by atoms with Crippen molar-refractivity contribution >= 4 is 5.97 Å². The molecule has 1 atom stereocenters. The van der Waals surface area contributed by atoms with Crippen LogP contribution in [0, 0.1) is 0 Å². The van der Waals surface area contributed by atoms with E-state index in [1.807, 2.05) is 13.8 Å². The lowest BCUT2D eigenvalue weighted by molar-refractivity contribution is -0.150. The molecule has 4 nitrogen and oxygen atoms in total. The average molecular weight is 298 g/mol. The van der Waals surface area contributed by atoms with Crippen LogP contribution in [0.1, 0.15) is 65.7 Å². The molecule has 124 valence electrons. The van der Waals surface area contributed by atoms with Gasteiger partial charge in [-0.2, -0.15) is 0 Å². The Hall–Kier alpha value is -0.610. The van der Waals surface area contributed by atoms with E-state index in [0.29, 0.717) is 6.61 Å². The van der Waals surface area contributed by atoms with E-state index in [1.165, 1.54) is 38.8 Å². The van der Waals surface area contributed by atoms with Crippen molar-refractivity contribution in [2.24, 2.45) is 0 Å². The minimum absolute atomic E-state index is 0.102. The molecule has 0 saturated carbocycles. The van der Waals surface area contributed by atoms with E-state index in [-0.39, 0.29) is 5.97 Å². The van der Waals surface area contributed by atoms with E-state index in [1.54, 1.807) is 0 Å². The average Bonchev–Trinajstić information content (AvgIpc) is 2.74. The molecule has 4 heteroatoms. The molecule has 0 aliphatic carbocycles. The first-order valence-corrected chi connectivity index (χ1v) is 8.77. The zero-order chi connectivity index (χ0) is 15.6. The Morgan fingerprint density at radius 3 is 2.43 bits per heavy atom. The van der Waals surface area contributed by atoms with Gasteiger partial charge in [0.1, 0.15) is 5.54 Å². The first-order valence-electron chi connectivity index (χ1n) is 8.77. The van der Waals surface area contributed by atoms with E-state index in [2.05, 4.69) is 17.1 Å². The highest BCUT2D eigenvalue weighted by Crippen LogP contribution is 2.17. The molecule has 1 rings (SSSR count). The van der Waals surface area contributed by atoms with E-state index >= 15 is 0 Å². The van der Waals surface area contributed by atoms with Crippen LogP contribution in [-0.2, 0) is 9.53 Å². The fourth-order valence-corrected chi connectivity index (χ4v) is 2.97. The van der Waals surface area contributed by atoms with Gasteiger partial charge < -0.3 is 15.0 Å². The van der Waals surface area contributed by atoms with Crippen LogP contribution in [0.4, 0.5) is 0 Å². The lowest BCUT2D eigenvalue weighted by atomic mass is 9.95. The molecule has 0 aromatic carbocycles. The standard InChI is InChI=1S/C17H34N2O2/c1-4-12-18-17(3,16(20)21-5-2)11-10-15-19-13-8-6-7-9-14-19/h18H,4-15H2,1-3H3. The zero-order valence-corrected chi connectivity index (χ0v) is 14.2. The summed E-state index contributed by atoms with van der Waals surface area (Å²) in [5.41, 5.74) is -0.530. The number of nitrogens with one attached hydrogen (secondary N) is 1. The summed E-state index contributed by atoms with van der Waals surface area (Å²) in [6, 6.07) is 0. The second-order valence-electron chi connectivity index (χ2n) is 6.34. The Balaban J connectivity index is 2.42. The Morgan fingerprint density at radius 2 is 1.86 bits per heavy atom. The maximum Gasteiger partial charge on any atom is 0.326 e. The first-order chi connectivity index (χ1) is 10.1. The maximum atomic E-state index is 12.2. The molecule has 1 aliphatic rings. The number of ether oxygens (including phenoxy) is 1. The lowest BCUT2D eigenvalue weighted by Crippen LogP contribution is -2.51. The molecule has 1 fully saturated rings. The highest BCUT2D eigenvalue weighted by atomic mass is 16.5. The van der Waals surface area contributed by atoms with Crippen LogP contribution in [0.15, 0.2) is 0 Å². The van der Waals surface area contributed by atoms with Crippen LogP contribution < -0.4 is 5.32 Å². The number of hydrogen-bond donors (Lipinski definition) is 1. The second-order valence-corrected chi connectivity index (χ2v) is 6.34. The van der Waals surface area contributed by atoms with Gasteiger partial charge in [0.2, 0.25) is 0 Å². The molecular formula is C17H34N2O2. The third kappa shape index (κ3) is 6.79. The summed E-state index contributed by atoms with van der Waals surface area (Å²) in [4.78, 5) is 14.8. The smallest absolute Gasteiger partial charge is 0.326 e. The summed E-state index contributed by atoms with van der Waals surface area (Å²) >= 11 is 0. The summed E-state index contributed by atoms with van der Waals surface area (Å²) < 4.78 is 5.25. The number of esters is 1. The zero-order valence-electron chi connectivity index (χ0n) is 14.2. The molecule has 1 saturated heterocycles. The number of rotatable bonds is 9. The van der Waals surface area contributed by atoms with E-state index in [9.17, 15) is 4.79 Å². The van der Waals surface area contributed by atoms with Gasteiger partial charge in [-0.15, -0.1) is 0 Å².